The van der Waals surface area contributed by atoms with Crippen molar-refractivity contribution in [2.75, 3.05) is 32.7 Å². The second-order valence-electron chi connectivity index (χ2n) is 7.48. The average molecular weight is 366 g/mol. The maximum atomic E-state index is 12.7. The minimum atomic E-state index is -0.543. The predicted molar refractivity (Wildman–Crippen MR) is 99.5 cm³/mol. The third-order valence-corrected chi connectivity index (χ3v) is 5.71. The first-order chi connectivity index (χ1) is 10.2. The zero-order valence-electron chi connectivity index (χ0n) is 14.2. The van der Waals surface area contributed by atoms with Gasteiger partial charge in [0.2, 0.25) is 5.91 Å². The summed E-state index contributed by atoms with van der Waals surface area (Å²) in [6.07, 6.45) is 10.5. The fourth-order valence-electron chi connectivity index (χ4n) is 4.38. The molecule has 0 spiro atoms. The van der Waals surface area contributed by atoms with E-state index in [4.69, 9.17) is 5.73 Å². The Morgan fingerprint density at radius 3 is 2.22 bits per heavy atom. The highest BCUT2D eigenvalue weighted by Gasteiger charge is 2.40. The molecule has 1 amide bonds. The van der Waals surface area contributed by atoms with Crippen LogP contribution in [-0.2, 0) is 4.79 Å². The van der Waals surface area contributed by atoms with Gasteiger partial charge < -0.3 is 15.5 Å². The van der Waals surface area contributed by atoms with Crippen molar-refractivity contribution in [1.82, 2.24) is 9.80 Å². The zero-order chi connectivity index (χ0) is 14.7. The summed E-state index contributed by atoms with van der Waals surface area (Å²) in [5.41, 5.74) is 5.87. The summed E-state index contributed by atoms with van der Waals surface area (Å²) in [4.78, 5) is 17.4. The molecule has 1 atom stereocenters. The predicted octanol–water partition coefficient (Wildman–Crippen LogP) is 2.83. The minimum absolute atomic E-state index is 0. The second kappa shape index (κ2) is 9.45. The van der Waals surface area contributed by atoms with Crippen LogP contribution in [0.3, 0.4) is 0 Å². The van der Waals surface area contributed by atoms with Crippen LogP contribution in [0, 0.1) is 5.92 Å². The van der Waals surface area contributed by atoms with E-state index in [9.17, 15) is 4.79 Å². The van der Waals surface area contributed by atoms with Gasteiger partial charge in [-0.05, 0) is 51.1 Å². The molecule has 3 rings (SSSR count). The Bertz CT molecular complexity index is 369. The number of nitrogens with two attached hydrogens (primary N) is 1. The molecular formula is C17H33Cl2N3O. The number of carbonyl (C=O) groups excluding carboxylic acids is 1. The SMILES string of the molecule is Cl.Cl.NC1(C(=O)N2CCC(CN3CCCCC3)C2)CCCCC1. The van der Waals surface area contributed by atoms with E-state index in [1.165, 1.54) is 51.7 Å². The molecule has 2 N–H and O–H groups in total. The van der Waals surface area contributed by atoms with Crippen LogP contribution in [0.5, 0.6) is 0 Å². The van der Waals surface area contributed by atoms with Crippen LogP contribution in [0.4, 0.5) is 0 Å². The molecule has 6 heteroatoms. The molecule has 0 aromatic carbocycles. The van der Waals surface area contributed by atoms with Gasteiger partial charge in [-0.1, -0.05) is 25.7 Å². The summed E-state index contributed by atoms with van der Waals surface area (Å²) in [6, 6.07) is 0. The van der Waals surface area contributed by atoms with Crippen molar-refractivity contribution in [3.63, 3.8) is 0 Å². The fourth-order valence-corrected chi connectivity index (χ4v) is 4.38. The van der Waals surface area contributed by atoms with Crippen molar-refractivity contribution < 1.29 is 4.79 Å². The lowest BCUT2D eigenvalue weighted by Gasteiger charge is -2.35. The van der Waals surface area contributed by atoms with Crippen molar-refractivity contribution in [1.29, 1.82) is 0 Å². The van der Waals surface area contributed by atoms with Crippen LogP contribution in [0.25, 0.3) is 0 Å². The normalized spacial score (nSPS) is 27.9. The van der Waals surface area contributed by atoms with E-state index in [0.717, 1.165) is 38.8 Å². The number of likely N-dealkylation sites (tertiary alicyclic amines) is 2. The van der Waals surface area contributed by atoms with E-state index in [1.54, 1.807) is 0 Å². The van der Waals surface area contributed by atoms with E-state index >= 15 is 0 Å². The van der Waals surface area contributed by atoms with Crippen molar-refractivity contribution in [3.8, 4) is 0 Å². The van der Waals surface area contributed by atoms with Crippen LogP contribution in [0.1, 0.15) is 57.8 Å². The summed E-state index contributed by atoms with van der Waals surface area (Å²) in [5, 5.41) is 0. The highest BCUT2D eigenvalue weighted by atomic mass is 35.5. The Balaban J connectivity index is 0.00000132. The number of hydrogen-bond acceptors (Lipinski definition) is 3. The minimum Gasteiger partial charge on any atom is -0.341 e. The Kier molecular flexibility index (Phi) is 8.64. The van der Waals surface area contributed by atoms with Gasteiger partial charge >= 0.3 is 0 Å². The molecule has 1 aliphatic carbocycles. The van der Waals surface area contributed by atoms with Crippen molar-refractivity contribution in [2.45, 2.75) is 63.3 Å². The first-order valence-electron chi connectivity index (χ1n) is 8.98. The van der Waals surface area contributed by atoms with Gasteiger partial charge in [-0.15, -0.1) is 24.8 Å². The monoisotopic (exact) mass is 365 g/mol. The van der Waals surface area contributed by atoms with Gasteiger partial charge in [0.15, 0.2) is 0 Å². The molecule has 136 valence electrons. The lowest BCUT2D eigenvalue weighted by molar-refractivity contribution is -0.137. The molecule has 3 fully saturated rings. The summed E-state index contributed by atoms with van der Waals surface area (Å²) < 4.78 is 0. The van der Waals surface area contributed by atoms with Crippen LogP contribution in [-0.4, -0.2) is 54.0 Å². The zero-order valence-corrected chi connectivity index (χ0v) is 15.8. The van der Waals surface area contributed by atoms with Gasteiger partial charge in [-0.3, -0.25) is 4.79 Å². The molecule has 2 aliphatic heterocycles. The Morgan fingerprint density at radius 2 is 1.57 bits per heavy atom. The number of amides is 1. The van der Waals surface area contributed by atoms with Crippen molar-refractivity contribution in [3.05, 3.63) is 0 Å². The number of carbonyl (C=O) groups is 1. The Hall–Kier alpha value is -0.0300. The van der Waals surface area contributed by atoms with Crippen molar-refractivity contribution >= 4 is 30.7 Å². The van der Waals surface area contributed by atoms with Crippen LogP contribution >= 0.6 is 24.8 Å². The smallest absolute Gasteiger partial charge is 0.242 e. The first-order valence-corrected chi connectivity index (χ1v) is 8.98. The largest absolute Gasteiger partial charge is 0.341 e. The second-order valence-corrected chi connectivity index (χ2v) is 7.48. The van der Waals surface area contributed by atoms with Gasteiger partial charge in [0.25, 0.3) is 0 Å². The molecule has 2 saturated heterocycles. The lowest BCUT2D eigenvalue weighted by atomic mass is 9.81. The number of nitrogens with zero attached hydrogens (tertiary/aromatic N) is 2. The van der Waals surface area contributed by atoms with Crippen LogP contribution in [0.15, 0.2) is 0 Å². The van der Waals surface area contributed by atoms with E-state index in [0.29, 0.717) is 5.92 Å². The summed E-state index contributed by atoms with van der Waals surface area (Å²) in [5.74, 6) is 0.905. The molecular weight excluding hydrogens is 333 g/mol. The van der Waals surface area contributed by atoms with E-state index in [1.807, 2.05) is 0 Å². The van der Waals surface area contributed by atoms with Gasteiger partial charge in [0, 0.05) is 19.6 Å². The molecule has 3 aliphatic rings. The summed E-state index contributed by atoms with van der Waals surface area (Å²) in [6.45, 7) is 5.56. The fraction of sp³-hybridized carbons (Fsp3) is 0.941. The quantitative estimate of drug-likeness (QED) is 0.836. The number of halogens is 2. The average Bonchev–Trinajstić information content (AvgIpc) is 2.96. The first kappa shape index (κ1) is 21.0. The lowest BCUT2D eigenvalue weighted by Crippen LogP contribution is -2.55. The summed E-state index contributed by atoms with van der Waals surface area (Å²) >= 11 is 0. The van der Waals surface area contributed by atoms with Gasteiger partial charge in [-0.2, -0.15) is 0 Å². The molecule has 2 heterocycles. The van der Waals surface area contributed by atoms with E-state index < -0.39 is 5.54 Å². The molecule has 23 heavy (non-hydrogen) atoms. The standard InChI is InChI=1S/C17H31N3O.2ClH/c18-17(8-3-1-4-9-17)16(21)20-12-7-15(14-20)13-19-10-5-2-6-11-19;;/h15H,1-14,18H2;2*1H. The highest BCUT2D eigenvalue weighted by Crippen LogP contribution is 2.30. The van der Waals surface area contributed by atoms with E-state index in [2.05, 4.69) is 9.80 Å². The Morgan fingerprint density at radius 1 is 0.957 bits per heavy atom. The van der Waals surface area contributed by atoms with Gasteiger partial charge in [0.1, 0.15) is 0 Å². The highest BCUT2D eigenvalue weighted by molar-refractivity contribution is 5.86. The third-order valence-electron chi connectivity index (χ3n) is 5.71. The molecule has 0 aromatic rings. The molecule has 0 radical (unpaired) electrons. The third kappa shape index (κ3) is 5.22. The molecule has 4 nitrogen and oxygen atoms in total. The molecule has 0 bridgehead atoms. The van der Waals surface area contributed by atoms with Crippen molar-refractivity contribution in [2.24, 2.45) is 11.7 Å². The van der Waals surface area contributed by atoms with Crippen LogP contribution < -0.4 is 5.73 Å². The Labute approximate surface area is 153 Å². The van der Waals surface area contributed by atoms with Gasteiger partial charge in [0.05, 0.1) is 5.54 Å². The molecule has 0 aromatic heterocycles. The number of piperidine rings is 1. The maximum absolute atomic E-state index is 12.7. The van der Waals surface area contributed by atoms with E-state index in [-0.39, 0.29) is 30.7 Å². The van der Waals surface area contributed by atoms with Gasteiger partial charge in [-0.25, -0.2) is 0 Å². The topological polar surface area (TPSA) is 49.6 Å². The molecule has 1 unspecified atom stereocenters. The van der Waals surface area contributed by atoms with Crippen LogP contribution in [0.2, 0.25) is 0 Å². The maximum Gasteiger partial charge on any atom is 0.242 e. The number of rotatable bonds is 3. The number of hydrogen-bond donors (Lipinski definition) is 1. The molecule has 1 saturated carbocycles. The summed E-state index contributed by atoms with van der Waals surface area (Å²) in [7, 11) is 0.